The van der Waals surface area contributed by atoms with E-state index in [-0.39, 0.29) is 11.7 Å². The largest absolute Gasteiger partial charge is 0.438 e. The van der Waals surface area contributed by atoms with Crippen LogP contribution < -0.4 is 10.1 Å². The summed E-state index contributed by atoms with van der Waals surface area (Å²) in [6, 6.07) is 22.9. The Morgan fingerprint density at radius 3 is 2.64 bits per heavy atom. The fraction of sp³-hybridized carbons (Fsp3) is 0.115. The van der Waals surface area contributed by atoms with Crippen LogP contribution in [0.1, 0.15) is 16.7 Å². The number of carbonyl (C=O) groups excluding carboxylic acids is 1. The number of fused-ring (bicyclic) bond motifs is 2. The zero-order valence-corrected chi connectivity index (χ0v) is 19.4. The number of ether oxygens (including phenoxy) is 1. The maximum atomic E-state index is 12.6. The molecule has 0 spiro atoms. The summed E-state index contributed by atoms with van der Waals surface area (Å²) in [7, 11) is 0. The zero-order valence-electron chi connectivity index (χ0n) is 17.8. The molecule has 5 nitrogen and oxygen atoms in total. The second-order valence-electron chi connectivity index (χ2n) is 7.74. The molecule has 164 valence electrons. The van der Waals surface area contributed by atoms with Crippen LogP contribution in [-0.2, 0) is 11.2 Å². The van der Waals surface area contributed by atoms with Crippen molar-refractivity contribution in [1.29, 1.82) is 0 Å². The molecule has 5 rings (SSSR count). The number of aromatic nitrogens is 2. The highest BCUT2D eigenvalue weighted by molar-refractivity contribution is 8.00. The average Bonchev–Trinajstić information content (AvgIpc) is 2.82. The quantitative estimate of drug-likeness (QED) is 0.232. The molecular formula is C26H20ClN3O2S. The van der Waals surface area contributed by atoms with Crippen molar-refractivity contribution in [2.45, 2.75) is 18.4 Å². The summed E-state index contributed by atoms with van der Waals surface area (Å²) in [6.45, 7) is 2.06. The molecule has 0 saturated heterocycles. The average molecular weight is 474 g/mol. The molecule has 0 radical (unpaired) electrons. The summed E-state index contributed by atoms with van der Waals surface area (Å²) < 4.78 is 6.17. The molecule has 0 fully saturated rings. The number of anilines is 1. The topological polar surface area (TPSA) is 64.1 Å². The Balaban J connectivity index is 1.46. The summed E-state index contributed by atoms with van der Waals surface area (Å²) >= 11 is 7.44. The molecule has 1 N–H and O–H groups in total. The third-order valence-electron chi connectivity index (χ3n) is 5.22. The van der Waals surface area contributed by atoms with Crippen LogP contribution in [0, 0.1) is 6.92 Å². The van der Waals surface area contributed by atoms with Crippen LogP contribution in [0.15, 0.2) is 77.8 Å². The van der Waals surface area contributed by atoms with Gasteiger partial charge in [-0.2, -0.15) is 4.98 Å². The number of aryl methyl sites for hydroxylation is 1. The maximum absolute atomic E-state index is 12.6. The van der Waals surface area contributed by atoms with Crippen LogP contribution in [0.2, 0.25) is 5.02 Å². The van der Waals surface area contributed by atoms with Crippen LogP contribution in [0.4, 0.5) is 5.69 Å². The van der Waals surface area contributed by atoms with E-state index in [0.29, 0.717) is 23.1 Å². The van der Waals surface area contributed by atoms with Gasteiger partial charge in [-0.1, -0.05) is 59.3 Å². The number of hydrogen-bond acceptors (Lipinski definition) is 5. The third-order valence-corrected chi connectivity index (χ3v) is 6.49. The number of amides is 1. The van der Waals surface area contributed by atoms with E-state index in [1.165, 1.54) is 11.8 Å². The van der Waals surface area contributed by atoms with Crippen LogP contribution in [0.25, 0.3) is 11.4 Å². The molecule has 33 heavy (non-hydrogen) atoms. The first-order valence-electron chi connectivity index (χ1n) is 10.5. The molecule has 1 aromatic heterocycles. The maximum Gasteiger partial charge on any atom is 0.234 e. The number of benzene rings is 3. The lowest BCUT2D eigenvalue weighted by Crippen LogP contribution is -2.15. The molecule has 0 aliphatic carbocycles. The number of para-hydroxylation sites is 1. The second kappa shape index (κ2) is 9.25. The van der Waals surface area contributed by atoms with E-state index >= 15 is 0 Å². The van der Waals surface area contributed by atoms with Crippen LogP contribution in [-0.4, -0.2) is 21.6 Å². The van der Waals surface area contributed by atoms with E-state index < -0.39 is 0 Å². The second-order valence-corrected chi connectivity index (χ2v) is 9.14. The van der Waals surface area contributed by atoms with Crippen molar-refractivity contribution < 1.29 is 9.53 Å². The Morgan fingerprint density at radius 1 is 1.06 bits per heavy atom. The number of thioether (sulfide) groups is 1. The predicted octanol–water partition coefficient (Wildman–Crippen LogP) is 6.53. The fourth-order valence-corrected chi connectivity index (χ4v) is 4.57. The monoisotopic (exact) mass is 473 g/mol. The first-order valence-corrected chi connectivity index (χ1v) is 11.8. The highest BCUT2D eigenvalue weighted by atomic mass is 35.5. The normalized spacial score (nSPS) is 11.8. The third kappa shape index (κ3) is 4.87. The molecule has 3 aromatic carbocycles. The minimum absolute atomic E-state index is 0.0976. The van der Waals surface area contributed by atoms with E-state index in [1.54, 1.807) is 12.1 Å². The Kier molecular flexibility index (Phi) is 6.03. The standard InChI is InChI=1S/C26H20ClN3O2S/c1-16-7-12-22-18(13-16)14-21-25(32-22)29-24(17-8-10-19(27)11-9-17)30-26(21)33-15-23(31)28-20-5-3-2-4-6-20/h2-13H,14-15H2,1H3,(H,28,31). The summed E-state index contributed by atoms with van der Waals surface area (Å²) in [5, 5.41) is 4.30. The molecule has 0 unspecified atom stereocenters. The number of nitrogens with one attached hydrogen (secondary N) is 1. The van der Waals surface area contributed by atoms with E-state index in [4.69, 9.17) is 26.3 Å². The van der Waals surface area contributed by atoms with Gasteiger partial charge in [0.15, 0.2) is 5.82 Å². The summed E-state index contributed by atoms with van der Waals surface area (Å²) in [5.74, 6) is 1.98. The molecule has 0 bridgehead atoms. The first-order chi connectivity index (χ1) is 16.0. The predicted molar refractivity (Wildman–Crippen MR) is 132 cm³/mol. The van der Waals surface area contributed by atoms with Crippen LogP contribution in [0.5, 0.6) is 11.6 Å². The molecule has 1 aliphatic rings. The summed E-state index contributed by atoms with van der Waals surface area (Å²) in [4.78, 5) is 22.1. The lowest BCUT2D eigenvalue weighted by atomic mass is 10.0. The Bertz CT molecular complexity index is 1330. The van der Waals surface area contributed by atoms with Gasteiger partial charge in [0.25, 0.3) is 0 Å². The van der Waals surface area contributed by atoms with Gasteiger partial charge in [0.2, 0.25) is 11.8 Å². The molecule has 0 atom stereocenters. The van der Waals surface area contributed by atoms with Gasteiger partial charge in [-0.3, -0.25) is 4.79 Å². The minimum Gasteiger partial charge on any atom is -0.438 e. The Labute approximate surface area is 201 Å². The van der Waals surface area contributed by atoms with E-state index in [0.717, 1.165) is 38.7 Å². The lowest BCUT2D eigenvalue weighted by Gasteiger charge is -2.22. The molecule has 2 heterocycles. The van der Waals surface area contributed by atoms with Gasteiger partial charge < -0.3 is 10.1 Å². The van der Waals surface area contributed by atoms with Crippen molar-refractivity contribution in [3.8, 4) is 23.0 Å². The van der Waals surface area contributed by atoms with Crippen LogP contribution in [0.3, 0.4) is 0 Å². The minimum atomic E-state index is -0.0976. The number of nitrogens with zero attached hydrogens (tertiary/aromatic N) is 2. The van der Waals surface area contributed by atoms with Crippen molar-refractivity contribution in [3.05, 3.63) is 94.5 Å². The highest BCUT2D eigenvalue weighted by Crippen LogP contribution is 2.40. The van der Waals surface area contributed by atoms with Crippen molar-refractivity contribution in [3.63, 3.8) is 0 Å². The van der Waals surface area contributed by atoms with Gasteiger partial charge in [-0.15, -0.1) is 0 Å². The van der Waals surface area contributed by atoms with Gasteiger partial charge in [-0.25, -0.2) is 4.98 Å². The first kappa shape index (κ1) is 21.5. The molecular weight excluding hydrogens is 454 g/mol. The molecule has 7 heteroatoms. The van der Waals surface area contributed by atoms with Gasteiger partial charge in [0.1, 0.15) is 10.8 Å². The smallest absolute Gasteiger partial charge is 0.234 e. The van der Waals surface area contributed by atoms with E-state index in [9.17, 15) is 4.79 Å². The molecule has 0 saturated carbocycles. The molecule has 1 aliphatic heterocycles. The number of rotatable bonds is 5. The zero-order chi connectivity index (χ0) is 22.8. The summed E-state index contributed by atoms with van der Waals surface area (Å²) in [6.07, 6.45) is 0.649. The Morgan fingerprint density at radius 2 is 1.85 bits per heavy atom. The van der Waals surface area contributed by atoms with Crippen molar-refractivity contribution in [2.75, 3.05) is 11.1 Å². The van der Waals surface area contributed by atoms with Crippen molar-refractivity contribution in [2.24, 2.45) is 0 Å². The van der Waals surface area contributed by atoms with Crippen molar-refractivity contribution in [1.82, 2.24) is 9.97 Å². The Hall–Kier alpha value is -3.35. The summed E-state index contributed by atoms with van der Waals surface area (Å²) in [5.41, 5.74) is 4.73. The van der Waals surface area contributed by atoms with Crippen LogP contribution >= 0.6 is 23.4 Å². The van der Waals surface area contributed by atoms with Gasteiger partial charge in [0.05, 0.1) is 11.3 Å². The van der Waals surface area contributed by atoms with E-state index in [2.05, 4.69) is 18.3 Å². The molecule has 4 aromatic rings. The lowest BCUT2D eigenvalue weighted by molar-refractivity contribution is -0.113. The highest BCUT2D eigenvalue weighted by Gasteiger charge is 2.25. The fourth-order valence-electron chi connectivity index (χ4n) is 3.62. The van der Waals surface area contributed by atoms with Crippen molar-refractivity contribution >= 4 is 35.0 Å². The number of halogens is 1. The SMILES string of the molecule is Cc1ccc2c(c1)Cc1c(nc(-c3ccc(Cl)cc3)nc1SCC(=O)Nc1ccccc1)O2. The van der Waals surface area contributed by atoms with Gasteiger partial charge in [-0.05, 0) is 55.0 Å². The van der Waals surface area contributed by atoms with E-state index in [1.807, 2.05) is 54.6 Å². The number of carbonyl (C=O) groups is 1. The van der Waals surface area contributed by atoms with Gasteiger partial charge >= 0.3 is 0 Å². The number of hydrogen-bond donors (Lipinski definition) is 1. The molecule has 1 amide bonds. The van der Waals surface area contributed by atoms with Gasteiger partial charge in [0, 0.05) is 22.7 Å².